The van der Waals surface area contributed by atoms with Crippen LogP contribution in [-0.2, 0) is 4.79 Å². The zero-order valence-electron chi connectivity index (χ0n) is 11.9. The number of likely N-dealkylation sites (N-methyl/N-ethyl adjacent to an activating group) is 1. The van der Waals surface area contributed by atoms with E-state index in [1.807, 2.05) is 31.2 Å². The molecule has 0 bridgehead atoms. The Morgan fingerprint density at radius 1 is 1.40 bits per heavy atom. The van der Waals surface area contributed by atoms with E-state index in [2.05, 4.69) is 10.3 Å². The fourth-order valence-electron chi connectivity index (χ4n) is 2.07. The van der Waals surface area contributed by atoms with Crippen LogP contribution in [0.25, 0.3) is 10.8 Å². The SMILES string of the molecule is CCN(C)C(=O)C(C)Nc1cc2ccccc2c(=O)[nH]1. The van der Waals surface area contributed by atoms with Gasteiger partial charge in [0, 0.05) is 19.0 Å². The Morgan fingerprint density at radius 2 is 2.10 bits per heavy atom. The number of aromatic amines is 1. The predicted octanol–water partition coefficient (Wildman–Crippen LogP) is 1.81. The molecule has 1 unspecified atom stereocenters. The molecule has 1 atom stereocenters. The van der Waals surface area contributed by atoms with Gasteiger partial charge in [-0.1, -0.05) is 18.2 Å². The maximum atomic E-state index is 12.0. The number of carbonyl (C=O) groups excluding carboxylic acids is 1. The molecule has 1 heterocycles. The van der Waals surface area contributed by atoms with Gasteiger partial charge in [-0.25, -0.2) is 0 Å². The van der Waals surface area contributed by atoms with Crippen LogP contribution in [0.1, 0.15) is 13.8 Å². The highest BCUT2D eigenvalue weighted by atomic mass is 16.2. The van der Waals surface area contributed by atoms with E-state index >= 15 is 0 Å². The minimum absolute atomic E-state index is 0.0125. The molecule has 106 valence electrons. The minimum Gasteiger partial charge on any atom is -0.360 e. The van der Waals surface area contributed by atoms with Crippen molar-refractivity contribution in [3.05, 3.63) is 40.7 Å². The molecule has 5 nitrogen and oxygen atoms in total. The van der Waals surface area contributed by atoms with Gasteiger partial charge < -0.3 is 15.2 Å². The summed E-state index contributed by atoms with van der Waals surface area (Å²) in [6, 6.07) is 8.80. The molecule has 0 fully saturated rings. The molecule has 5 heteroatoms. The summed E-state index contributed by atoms with van der Waals surface area (Å²) in [4.78, 5) is 28.3. The third-order valence-corrected chi connectivity index (χ3v) is 3.35. The number of pyridine rings is 1. The molecule has 0 saturated carbocycles. The Morgan fingerprint density at radius 3 is 2.80 bits per heavy atom. The fourth-order valence-corrected chi connectivity index (χ4v) is 2.07. The number of rotatable bonds is 4. The summed E-state index contributed by atoms with van der Waals surface area (Å²) >= 11 is 0. The topological polar surface area (TPSA) is 65.2 Å². The number of fused-ring (bicyclic) bond motifs is 1. The smallest absolute Gasteiger partial charge is 0.257 e. The Bertz CT molecular complexity index is 678. The molecule has 0 aliphatic rings. The van der Waals surface area contributed by atoms with E-state index in [1.54, 1.807) is 24.9 Å². The van der Waals surface area contributed by atoms with Gasteiger partial charge in [-0.3, -0.25) is 9.59 Å². The second kappa shape index (κ2) is 5.77. The summed E-state index contributed by atoms with van der Waals surface area (Å²) < 4.78 is 0. The first-order valence-electron chi connectivity index (χ1n) is 6.66. The highest BCUT2D eigenvalue weighted by Gasteiger charge is 2.16. The van der Waals surface area contributed by atoms with Crippen molar-refractivity contribution < 1.29 is 4.79 Å². The molecule has 2 aromatic rings. The molecule has 0 aliphatic carbocycles. The Labute approximate surface area is 117 Å². The molecule has 0 aliphatic heterocycles. The van der Waals surface area contributed by atoms with Crippen LogP contribution in [0.5, 0.6) is 0 Å². The van der Waals surface area contributed by atoms with Gasteiger partial charge in [-0.15, -0.1) is 0 Å². The van der Waals surface area contributed by atoms with Crippen LogP contribution in [0.3, 0.4) is 0 Å². The van der Waals surface area contributed by atoms with Crippen LogP contribution in [-0.4, -0.2) is 35.4 Å². The average molecular weight is 273 g/mol. The fraction of sp³-hybridized carbons (Fsp3) is 0.333. The summed E-state index contributed by atoms with van der Waals surface area (Å²) in [6.07, 6.45) is 0. The zero-order chi connectivity index (χ0) is 14.7. The first-order chi connectivity index (χ1) is 9.52. The molecule has 1 aromatic carbocycles. The maximum Gasteiger partial charge on any atom is 0.257 e. The largest absolute Gasteiger partial charge is 0.360 e. The predicted molar refractivity (Wildman–Crippen MR) is 81.0 cm³/mol. The monoisotopic (exact) mass is 273 g/mol. The van der Waals surface area contributed by atoms with E-state index in [9.17, 15) is 9.59 Å². The van der Waals surface area contributed by atoms with Crippen molar-refractivity contribution in [1.82, 2.24) is 9.88 Å². The average Bonchev–Trinajstić information content (AvgIpc) is 2.45. The van der Waals surface area contributed by atoms with Gasteiger partial charge in [0.15, 0.2) is 0 Å². The normalized spacial score (nSPS) is 12.2. The number of carbonyl (C=O) groups is 1. The molecular weight excluding hydrogens is 254 g/mol. The molecule has 2 N–H and O–H groups in total. The molecule has 2 rings (SSSR count). The van der Waals surface area contributed by atoms with E-state index in [0.717, 1.165) is 5.39 Å². The first kappa shape index (κ1) is 14.1. The summed E-state index contributed by atoms with van der Waals surface area (Å²) in [5.41, 5.74) is -0.158. The lowest BCUT2D eigenvalue weighted by Gasteiger charge is -2.21. The quantitative estimate of drug-likeness (QED) is 0.893. The number of hydrogen-bond donors (Lipinski definition) is 2. The highest BCUT2D eigenvalue weighted by molar-refractivity contribution is 5.86. The molecule has 20 heavy (non-hydrogen) atoms. The maximum absolute atomic E-state index is 12.0. The number of nitrogens with one attached hydrogen (secondary N) is 2. The van der Waals surface area contributed by atoms with E-state index in [0.29, 0.717) is 17.7 Å². The highest BCUT2D eigenvalue weighted by Crippen LogP contribution is 2.13. The number of benzene rings is 1. The second-order valence-electron chi connectivity index (χ2n) is 4.82. The molecule has 0 spiro atoms. The van der Waals surface area contributed by atoms with Gasteiger partial charge in [0.25, 0.3) is 5.56 Å². The van der Waals surface area contributed by atoms with Crippen LogP contribution < -0.4 is 10.9 Å². The number of H-pyrrole nitrogens is 1. The van der Waals surface area contributed by atoms with E-state index < -0.39 is 6.04 Å². The van der Waals surface area contributed by atoms with Crippen LogP contribution in [0.15, 0.2) is 35.1 Å². The lowest BCUT2D eigenvalue weighted by atomic mass is 10.1. The number of hydrogen-bond acceptors (Lipinski definition) is 3. The second-order valence-corrected chi connectivity index (χ2v) is 4.82. The number of aromatic nitrogens is 1. The molecular formula is C15H19N3O2. The van der Waals surface area contributed by atoms with Crippen molar-refractivity contribution >= 4 is 22.5 Å². The first-order valence-corrected chi connectivity index (χ1v) is 6.66. The van der Waals surface area contributed by atoms with Gasteiger partial charge >= 0.3 is 0 Å². The van der Waals surface area contributed by atoms with E-state index in [-0.39, 0.29) is 11.5 Å². The molecule has 1 amide bonds. The van der Waals surface area contributed by atoms with Crippen LogP contribution in [0.2, 0.25) is 0 Å². The van der Waals surface area contributed by atoms with Crippen molar-refractivity contribution in [2.45, 2.75) is 19.9 Å². The van der Waals surface area contributed by atoms with Crippen molar-refractivity contribution in [3.63, 3.8) is 0 Å². The van der Waals surface area contributed by atoms with Gasteiger partial charge in [0.05, 0.1) is 0 Å². The van der Waals surface area contributed by atoms with Crippen LogP contribution in [0.4, 0.5) is 5.82 Å². The Hall–Kier alpha value is -2.30. The summed E-state index contributed by atoms with van der Waals surface area (Å²) in [5, 5.41) is 4.53. The Kier molecular flexibility index (Phi) is 4.08. The third kappa shape index (κ3) is 2.82. The van der Waals surface area contributed by atoms with Crippen molar-refractivity contribution in [1.29, 1.82) is 0 Å². The number of anilines is 1. The minimum atomic E-state index is -0.392. The summed E-state index contributed by atoms with van der Waals surface area (Å²) in [5.74, 6) is 0.542. The van der Waals surface area contributed by atoms with Gasteiger partial charge in [0.2, 0.25) is 5.91 Å². The van der Waals surface area contributed by atoms with Crippen molar-refractivity contribution in [2.75, 3.05) is 18.9 Å². The van der Waals surface area contributed by atoms with Crippen LogP contribution in [0, 0.1) is 0 Å². The van der Waals surface area contributed by atoms with Crippen LogP contribution >= 0.6 is 0 Å². The lowest BCUT2D eigenvalue weighted by Crippen LogP contribution is -2.39. The zero-order valence-corrected chi connectivity index (χ0v) is 11.9. The molecule has 1 aromatic heterocycles. The number of nitrogens with zero attached hydrogens (tertiary/aromatic N) is 1. The van der Waals surface area contributed by atoms with Crippen molar-refractivity contribution in [3.8, 4) is 0 Å². The standard InChI is InChI=1S/C15H19N3O2/c1-4-18(3)15(20)10(2)16-13-9-11-7-5-6-8-12(11)14(19)17-13/h5-10H,4H2,1-3H3,(H2,16,17,19). The summed E-state index contributed by atoms with van der Waals surface area (Å²) in [7, 11) is 1.75. The van der Waals surface area contributed by atoms with Gasteiger partial charge in [-0.05, 0) is 31.4 Å². The van der Waals surface area contributed by atoms with Gasteiger partial charge in [0.1, 0.15) is 11.9 Å². The number of amides is 1. The van der Waals surface area contributed by atoms with E-state index in [4.69, 9.17) is 0 Å². The summed E-state index contributed by atoms with van der Waals surface area (Å²) in [6.45, 7) is 4.35. The Balaban J connectivity index is 2.26. The van der Waals surface area contributed by atoms with Crippen molar-refractivity contribution in [2.24, 2.45) is 0 Å². The lowest BCUT2D eigenvalue weighted by molar-refractivity contribution is -0.130. The molecule has 0 radical (unpaired) electrons. The molecule has 0 saturated heterocycles. The van der Waals surface area contributed by atoms with E-state index in [1.165, 1.54) is 0 Å². The third-order valence-electron chi connectivity index (χ3n) is 3.35. The van der Waals surface area contributed by atoms with Gasteiger partial charge in [-0.2, -0.15) is 0 Å².